The van der Waals surface area contributed by atoms with Crippen molar-refractivity contribution in [1.82, 2.24) is 4.98 Å². The second kappa shape index (κ2) is 6.08. The van der Waals surface area contributed by atoms with Gasteiger partial charge in [0.25, 0.3) is 0 Å². The third-order valence-electron chi connectivity index (χ3n) is 2.96. The molecular formula is C16H13F4N. The summed E-state index contributed by atoms with van der Waals surface area (Å²) in [4.78, 5) is 3.39. The minimum Gasteiger partial charge on any atom is -0.251 e. The Bertz CT molecular complexity index is 642. The van der Waals surface area contributed by atoms with Crippen molar-refractivity contribution in [1.29, 1.82) is 0 Å². The van der Waals surface area contributed by atoms with Gasteiger partial charge in [-0.1, -0.05) is 24.3 Å². The van der Waals surface area contributed by atoms with E-state index in [1.165, 1.54) is 18.3 Å². The highest BCUT2D eigenvalue weighted by Gasteiger charge is 2.31. The standard InChI is InChI=1S/C16H13F4N/c1-11-9-12(5-7-14(11)17)3-2-4-13-6-8-15(21-10-13)16(18,19)20/h2-3,5-10H,4H2,1H3/b3-2+. The van der Waals surface area contributed by atoms with Gasteiger partial charge in [-0.05, 0) is 48.2 Å². The fraction of sp³-hybridized carbons (Fsp3) is 0.188. The summed E-state index contributed by atoms with van der Waals surface area (Å²) in [6.45, 7) is 1.67. The number of allylic oxidation sites excluding steroid dienone is 1. The maximum atomic E-state index is 13.1. The van der Waals surface area contributed by atoms with Gasteiger partial charge in [-0.25, -0.2) is 4.39 Å². The normalized spacial score (nSPS) is 12.0. The van der Waals surface area contributed by atoms with E-state index in [2.05, 4.69) is 4.98 Å². The molecule has 1 heterocycles. The first-order valence-corrected chi connectivity index (χ1v) is 6.31. The van der Waals surface area contributed by atoms with Crippen LogP contribution in [0.2, 0.25) is 0 Å². The molecular weight excluding hydrogens is 282 g/mol. The number of hydrogen-bond donors (Lipinski definition) is 0. The van der Waals surface area contributed by atoms with Gasteiger partial charge >= 0.3 is 6.18 Å². The lowest BCUT2D eigenvalue weighted by atomic mass is 10.1. The van der Waals surface area contributed by atoms with Gasteiger partial charge in [0.05, 0.1) is 0 Å². The van der Waals surface area contributed by atoms with Gasteiger partial charge in [0.1, 0.15) is 11.5 Å². The number of halogens is 4. The first kappa shape index (κ1) is 15.2. The number of rotatable bonds is 3. The van der Waals surface area contributed by atoms with Gasteiger partial charge in [0.2, 0.25) is 0 Å². The summed E-state index contributed by atoms with van der Waals surface area (Å²) in [7, 11) is 0. The third-order valence-corrected chi connectivity index (χ3v) is 2.96. The zero-order valence-electron chi connectivity index (χ0n) is 11.3. The van der Waals surface area contributed by atoms with Crippen LogP contribution in [0.5, 0.6) is 0 Å². The van der Waals surface area contributed by atoms with Crippen LogP contribution in [0.25, 0.3) is 6.08 Å². The van der Waals surface area contributed by atoms with Gasteiger partial charge in [-0.3, -0.25) is 4.98 Å². The molecule has 110 valence electrons. The molecule has 0 fully saturated rings. The van der Waals surface area contributed by atoms with E-state index >= 15 is 0 Å². The summed E-state index contributed by atoms with van der Waals surface area (Å²) in [6, 6.07) is 7.09. The summed E-state index contributed by atoms with van der Waals surface area (Å²) >= 11 is 0. The molecule has 0 saturated heterocycles. The van der Waals surface area contributed by atoms with Gasteiger partial charge in [-0.15, -0.1) is 0 Å². The molecule has 2 aromatic rings. The SMILES string of the molecule is Cc1cc(/C=C/Cc2ccc(C(F)(F)F)nc2)ccc1F. The molecule has 0 aliphatic carbocycles. The highest BCUT2D eigenvalue weighted by molar-refractivity contribution is 5.50. The monoisotopic (exact) mass is 295 g/mol. The summed E-state index contributed by atoms with van der Waals surface area (Å²) in [5.74, 6) is -0.265. The van der Waals surface area contributed by atoms with E-state index in [9.17, 15) is 17.6 Å². The minimum atomic E-state index is -4.42. The quantitative estimate of drug-likeness (QED) is 0.741. The van der Waals surface area contributed by atoms with Crippen molar-refractivity contribution in [3.8, 4) is 0 Å². The fourth-order valence-electron chi connectivity index (χ4n) is 1.82. The molecule has 0 aliphatic rings. The van der Waals surface area contributed by atoms with Crippen LogP contribution in [-0.4, -0.2) is 4.98 Å². The highest BCUT2D eigenvalue weighted by atomic mass is 19.4. The number of aryl methyl sites for hydroxylation is 1. The van der Waals surface area contributed by atoms with Crippen molar-refractivity contribution < 1.29 is 17.6 Å². The van der Waals surface area contributed by atoms with Crippen molar-refractivity contribution in [3.63, 3.8) is 0 Å². The highest BCUT2D eigenvalue weighted by Crippen LogP contribution is 2.27. The van der Waals surface area contributed by atoms with Crippen molar-refractivity contribution in [2.24, 2.45) is 0 Å². The molecule has 0 aliphatic heterocycles. The zero-order chi connectivity index (χ0) is 15.5. The van der Waals surface area contributed by atoms with Crippen molar-refractivity contribution in [2.45, 2.75) is 19.5 Å². The average molecular weight is 295 g/mol. The zero-order valence-corrected chi connectivity index (χ0v) is 11.3. The molecule has 21 heavy (non-hydrogen) atoms. The number of aromatic nitrogens is 1. The van der Waals surface area contributed by atoms with Crippen molar-refractivity contribution in [3.05, 3.63) is 70.8 Å². The number of hydrogen-bond acceptors (Lipinski definition) is 1. The van der Waals surface area contributed by atoms with Crippen molar-refractivity contribution in [2.75, 3.05) is 0 Å². The van der Waals surface area contributed by atoms with E-state index in [-0.39, 0.29) is 5.82 Å². The number of nitrogens with zero attached hydrogens (tertiary/aromatic N) is 1. The molecule has 0 spiro atoms. The van der Waals surface area contributed by atoms with Crippen LogP contribution >= 0.6 is 0 Å². The summed E-state index contributed by atoms with van der Waals surface area (Å²) in [6.07, 6.45) is 0.853. The molecule has 1 aromatic carbocycles. The number of pyridine rings is 1. The van der Waals surface area contributed by atoms with Gasteiger partial charge in [0.15, 0.2) is 0 Å². The second-order valence-corrected chi connectivity index (χ2v) is 4.66. The Morgan fingerprint density at radius 3 is 2.48 bits per heavy atom. The van der Waals surface area contributed by atoms with Gasteiger partial charge in [0, 0.05) is 6.20 Å². The fourth-order valence-corrected chi connectivity index (χ4v) is 1.82. The van der Waals surface area contributed by atoms with Crippen LogP contribution in [0.3, 0.4) is 0 Å². The molecule has 1 nitrogen and oxygen atoms in total. The lowest BCUT2D eigenvalue weighted by Crippen LogP contribution is -2.07. The lowest BCUT2D eigenvalue weighted by molar-refractivity contribution is -0.141. The molecule has 0 amide bonds. The van der Waals surface area contributed by atoms with Crippen LogP contribution in [0, 0.1) is 12.7 Å². The van der Waals surface area contributed by atoms with Crippen LogP contribution < -0.4 is 0 Å². The van der Waals surface area contributed by atoms with Crippen LogP contribution in [-0.2, 0) is 12.6 Å². The Morgan fingerprint density at radius 2 is 1.90 bits per heavy atom. The van der Waals surface area contributed by atoms with Crippen molar-refractivity contribution >= 4 is 6.08 Å². The van der Waals surface area contributed by atoms with E-state index in [4.69, 9.17) is 0 Å². The predicted octanol–water partition coefficient (Wildman–Crippen LogP) is 4.80. The molecule has 0 bridgehead atoms. The maximum absolute atomic E-state index is 13.1. The molecule has 2 rings (SSSR count). The Balaban J connectivity index is 2.02. The third kappa shape index (κ3) is 4.15. The van der Waals surface area contributed by atoms with Crippen LogP contribution in [0.4, 0.5) is 17.6 Å². The molecule has 0 saturated carbocycles. The number of benzene rings is 1. The van der Waals surface area contributed by atoms with E-state index < -0.39 is 11.9 Å². The van der Waals surface area contributed by atoms with E-state index in [1.807, 2.05) is 0 Å². The summed E-state index contributed by atoms with van der Waals surface area (Å²) in [5, 5.41) is 0. The van der Waals surface area contributed by atoms with E-state index in [1.54, 1.807) is 31.2 Å². The predicted molar refractivity (Wildman–Crippen MR) is 73.1 cm³/mol. The smallest absolute Gasteiger partial charge is 0.251 e. The van der Waals surface area contributed by atoms with E-state index in [0.29, 0.717) is 17.5 Å². The Labute approximate surface area is 120 Å². The lowest BCUT2D eigenvalue weighted by Gasteiger charge is -2.05. The average Bonchev–Trinajstić information content (AvgIpc) is 2.42. The molecule has 5 heteroatoms. The second-order valence-electron chi connectivity index (χ2n) is 4.66. The molecule has 0 radical (unpaired) electrons. The summed E-state index contributed by atoms with van der Waals surface area (Å²) < 4.78 is 50.2. The Hall–Kier alpha value is -2.17. The molecule has 1 aromatic heterocycles. The molecule has 0 N–H and O–H groups in total. The molecule has 0 atom stereocenters. The van der Waals surface area contributed by atoms with Gasteiger partial charge in [-0.2, -0.15) is 13.2 Å². The van der Waals surface area contributed by atoms with E-state index in [0.717, 1.165) is 11.6 Å². The first-order chi connectivity index (χ1) is 9.86. The van der Waals surface area contributed by atoms with Crippen LogP contribution in [0.15, 0.2) is 42.6 Å². The minimum absolute atomic E-state index is 0.265. The van der Waals surface area contributed by atoms with Gasteiger partial charge < -0.3 is 0 Å². The topological polar surface area (TPSA) is 12.9 Å². The Kier molecular flexibility index (Phi) is 4.40. The number of alkyl halides is 3. The first-order valence-electron chi connectivity index (χ1n) is 6.31. The Morgan fingerprint density at radius 1 is 1.14 bits per heavy atom. The van der Waals surface area contributed by atoms with Crippen LogP contribution in [0.1, 0.15) is 22.4 Å². The maximum Gasteiger partial charge on any atom is 0.433 e. The summed E-state index contributed by atoms with van der Waals surface area (Å²) in [5.41, 5.74) is 1.17. The largest absolute Gasteiger partial charge is 0.433 e. The molecule has 0 unspecified atom stereocenters.